The maximum atomic E-state index is 4.58. The molecule has 2 aromatic heterocycles. The number of hydrogen-bond donors (Lipinski definition) is 0. The average Bonchev–Trinajstić information content (AvgIpc) is 2.48. The van der Waals surface area contributed by atoms with Gasteiger partial charge in [-0.05, 0) is 25.8 Å². The minimum atomic E-state index is 0.507. The van der Waals surface area contributed by atoms with Gasteiger partial charge >= 0.3 is 0 Å². The van der Waals surface area contributed by atoms with Crippen molar-refractivity contribution < 1.29 is 0 Å². The van der Waals surface area contributed by atoms with Crippen molar-refractivity contribution in [1.29, 1.82) is 0 Å². The van der Waals surface area contributed by atoms with E-state index < -0.39 is 0 Å². The maximum Gasteiger partial charge on any atom is 0.225 e. The Kier molecular flexibility index (Phi) is 3.35. The van der Waals surface area contributed by atoms with Gasteiger partial charge in [-0.25, -0.2) is 9.97 Å². The highest BCUT2D eigenvalue weighted by Gasteiger charge is 2.23. The van der Waals surface area contributed by atoms with Gasteiger partial charge in [-0.3, -0.25) is 9.97 Å². The van der Waals surface area contributed by atoms with Crippen molar-refractivity contribution in [2.75, 3.05) is 18.0 Å². The van der Waals surface area contributed by atoms with Gasteiger partial charge in [0.2, 0.25) is 5.95 Å². The van der Waals surface area contributed by atoms with Crippen molar-refractivity contribution in [2.24, 2.45) is 0 Å². The molecule has 0 aliphatic carbocycles. The molecule has 1 aliphatic rings. The Labute approximate surface area is 112 Å². The Morgan fingerprint density at radius 1 is 1.11 bits per heavy atom. The lowest BCUT2D eigenvalue weighted by atomic mass is 9.94. The molecule has 0 radical (unpaired) electrons. The molecule has 0 N–H and O–H groups in total. The summed E-state index contributed by atoms with van der Waals surface area (Å²) in [5.41, 5.74) is 2.11. The van der Waals surface area contributed by atoms with E-state index in [1.54, 1.807) is 18.6 Å². The van der Waals surface area contributed by atoms with Crippen molar-refractivity contribution in [3.63, 3.8) is 0 Å². The van der Waals surface area contributed by atoms with Crippen LogP contribution < -0.4 is 4.90 Å². The molecule has 5 nitrogen and oxygen atoms in total. The van der Waals surface area contributed by atoms with Crippen molar-refractivity contribution in [3.8, 4) is 0 Å². The zero-order valence-electron chi connectivity index (χ0n) is 11.0. The number of nitrogens with zero attached hydrogens (tertiary/aromatic N) is 5. The smallest absolute Gasteiger partial charge is 0.225 e. The van der Waals surface area contributed by atoms with Gasteiger partial charge < -0.3 is 4.90 Å². The number of hydrogen-bond acceptors (Lipinski definition) is 5. The fourth-order valence-electron chi connectivity index (χ4n) is 2.51. The molecule has 0 atom stereocenters. The standard InChI is InChI=1S/C14H17N5/c1-11-9-15-10-13(18-11)12-3-7-19(8-4-12)14-16-5-2-6-17-14/h2,5-6,9-10,12H,3-4,7-8H2,1H3. The molecule has 5 heteroatoms. The third kappa shape index (κ3) is 2.70. The highest BCUT2D eigenvalue weighted by molar-refractivity contribution is 5.29. The van der Waals surface area contributed by atoms with Gasteiger partial charge in [0.1, 0.15) is 0 Å². The fourth-order valence-corrected chi connectivity index (χ4v) is 2.51. The lowest BCUT2D eigenvalue weighted by Crippen LogP contribution is -2.34. The molecule has 1 fully saturated rings. The van der Waals surface area contributed by atoms with Gasteiger partial charge in [0, 0.05) is 43.8 Å². The van der Waals surface area contributed by atoms with Crippen LogP contribution >= 0.6 is 0 Å². The number of piperidine rings is 1. The normalized spacial score (nSPS) is 16.6. The summed E-state index contributed by atoms with van der Waals surface area (Å²) < 4.78 is 0. The van der Waals surface area contributed by atoms with Gasteiger partial charge in [-0.15, -0.1) is 0 Å². The Morgan fingerprint density at radius 2 is 1.84 bits per heavy atom. The van der Waals surface area contributed by atoms with E-state index in [1.165, 1.54) is 0 Å². The summed E-state index contributed by atoms with van der Waals surface area (Å²) >= 11 is 0. The molecular weight excluding hydrogens is 238 g/mol. The van der Waals surface area contributed by atoms with Gasteiger partial charge in [-0.1, -0.05) is 0 Å². The third-order valence-electron chi connectivity index (χ3n) is 3.52. The molecule has 3 heterocycles. The Bertz CT molecular complexity index is 535. The molecule has 0 aromatic carbocycles. The first kappa shape index (κ1) is 12.0. The number of aryl methyl sites for hydroxylation is 1. The summed E-state index contributed by atoms with van der Waals surface area (Å²) in [6.45, 7) is 3.94. The molecule has 19 heavy (non-hydrogen) atoms. The largest absolute Gasteiger partial charge is 0.341 e. The monoisotopic (exact) mass is 255 g/mol. The van der Waals surface area contributed by atoms with Crippen molar-refractivity contribution in [3.05, 3.63) is 42.2 Å². The zero-order valence-corrected chi connectivity index (χ0v) is 11.0. The minimum absolute atomic E-state index is 0.507. The van der Waals surface area contributed by atoms with Crippen LogP contribution in [0, 0.1) is 6.92 Å². The first-order valence-corrected chi connectivity index (χ1v) is 6.63. The lowest BCUT2D eigenvalue weighted by Gasteiger charge is -2.31. The van der Waals surface area contributed by atoms with Gasteiger partial charge in [0.05, 0.1) is 11.4 Å². The third-order valence-corrected chi connectivity index (χ3v) is 3.52. The van der Waals surface area contributed by atoms with Crippen LogP contribution in [0.5, 0.6) is 0 Å². The molecule has 3 rings (SSSR count). The molecule has 1 saturated heterocycles. The van der Waals surface area contributed by atoms with E-state index in [4.69, 9.17) is 0 Å². The maximum absolute atomic E-state index is 4.58. The molecule has 98 valence electrons. The molecule has 1 aliphatic heterocycles. The quantitative estimate of drug-likeness (QED) is 0.821. The molecular formula is C14H17N5. The average molecular weight is 255 g/mol. The van der Waals surface area contributed by atoms with Crippen LogP contribution in [0.15, 0.2) is 30.9 Å². The summed E-state index contributed by atoms with van der Waals surface area (Å²) in [5, 5.41) is 0. The first-order chi connectivity index (χ1) is 9.33. The SMILES string of the molecule is Cc1cncc(C2CCN(c3ncccn3)CC2)n1. The van der Waals surface area contributed by atoms with E-state index in [1.807, 2.05) is 19.2 Å². The highest BCUT2D eigenvalue weighted by atomic mass is 15.2. The highest BCUT2D eigenvalue weighted by Crippen LogP contribution is 2.27. The topological polar surface area (TPSA) is 54.8 Å². The summed E-state index contributed by atoms with van der Waals surface area (Å²) in [7, 11) is 0. The van der Waals surface area contributed by atoms with Crippen molar-refractivity contribution >= 4 is 5.95 Å². The van der Waals surface area contributed by atoms with Crippen LogP contribution in [0.4, 0.5) is 5.95 Å². The predicted molar refractivity (Wildman–Crippen MR) is 73.0 cm³/mol. The van der Waals surface area contributed by atoms with Crippen LogP contribution in [0.3, 0.4) is 0 Å². The van der Waals surface area contributed by atoms with Gasteiger partial charge in [0.15, 0.2) is 0 Å². The van der Waals surface area contributed by atoms with E-state index >= 15 is 0 Å². The first-order valence-electron chi connectivity index (χ1n) is 6.63. The van der Waals surface area contributed by atoms with Gasteiger partial charge in [0.25, 0.3) is 0 Å². The molecule has 2 aromatic rings. The summed E-state index contributed by atoms with van der Waals surface area (Å²) in [6.07, 6.45) is 9.44. The summed E-state index contributed by atoms with van der Waals surface area (Å²) in [4.78, 5) is 19.7. The number of rotatable bonds is 2. The van der Waals surface area contributed by atoms with E-state index in [2.05, 4.69) is 24.8 Å². The number of aromatic nitrogens is 4. The Balaban J connectivity index is 1.67. The fraction of sp³-hybridized carbons (Fsp3) is 0.429. The predicted octanol–water partition coefficient (Wildman–Crippen LogP) is 1.96. The summed E-state index contributed by atoms with van der Waals surface area (Å²) in [6, 6.07) is 1.85. The zero-order chi connectivity index (χ0) is 13.1. The van der Waals surface area contributed by atoms with E-state index in [-0.39, 0.29) is 0 Å². The van der Waals surface area contributed by atoms with E-state index in [9.17, 15) is 0 Å². The lowest BCUT2D eigenvalue weighted by molar-refractivity contribution is 0.488. The second kappa shape index (κ2) is 5.30. The molecule has 0 saturated carbocycles. The van der Waals surface area contributed by atoms with Crippen LogP contribution in [0.2, 0.25) is 0 Å². The summed E-state index contributed by atoms with van der Waals surface area (Å²) in [5.74, 6) is 1.34. The Morgan fingerprint density at radius 3 is 2.53 bits per heavy atom. The van der Waals surface area contributed by atoms with E-state index in [0.717, 1.165) is 43.3 Å². The number of anilines is 1. The molecule has 0 amide bonds. The minimum Gasteiger partial charge on any atom is -0.341 e. The molecule has 0 unspecified atom stereocenters. The molecule has 0 spiro atoms. The van der Waals surface area contributed by atoms with Crippen molar-refractivity contribution in [2.45, 2.75) is 25.7 Å². The second-order valence-electron chi connectivity index (χ2n) is 4.90. The van der Waals surface area contributed by atoms with Crippen LogP contribution in [0.25, 0.3) is 0 Å². The van der Waals surface area contributed by atoms with Crippen LogP contribution in [0.1, 0.15) is 30.1 Å². The van der Waals surface area contributed by atoms with Crippen LogP contribution in [-0.2, 0) is 0 Å². The second-order valence-corrected chi connectivity index (χ2v) is 4.90. The molecule has 0 bridgehead atoms. The Hall–Kier alpha value is -2.04. The van der Waals surface area contributed by atoms with E-state index in [0.29, 0.717) is 5.92 Å². The van der Waals surface area contributed by atoms with Gasteiger partial charge in [-0.2, -0.15) is 0 Å². The van der Waals surface area contributed by atoms with Crippen molar-refractivity contribution in [1.82, 2.24) is 19.9 Å². The van der Waals surface area contributed by atoms with Crippen LogP contribution in [-0.4, -0.2) is 33.0 Å².